The van der Waals surface area contributed by atoms with Crippen molar-refractivity contribution in [2.45, 2.75) is 10.8 Å². The molecule has 2 aromatic rings. The average molecular weight is 399 g/mol. The summed E-state index contributed by atoms with van der Waals surface area (Å²) in [7, 11) is 2.43. The summed E-state index contributed by atoms with van der Waals surface area (Å²) in [6.45, 7) is 0.0229. The first kappa shape index (κ1) is 20.2. The minimum Gasteiger partial charge on any atom is -0.493 e. The number of amides is 1. The molecule has 0 aliphatic rings. The zero-order valence-corrected chi connectivity index (χ0v) is 16.8. The van der Waals surface area contributed by atoms with Crippen molar-refractivity contribution in [1.29, 1.82) is 0 Å². The number of sulfonamides is 1. The van der Waals surface area contributed by atoms with E-state index < -0.39 is 10.0 Å². The van der Waals surface area contributed by atoms with Gasteiger partial charge in [-0.25, -0.2) is 8.42 Å². The molecule has 0 spiro atoms. The maximum absolute atomic E-state index is 12.5. The lowest BCUT2D eigenvalue weighted by atomic mass is 10.1. The number of carbonyl (C=O) groups excluding carboxylic acids is 1. The third-order valence-electron chi connectivity index (χ3n) is 3.84. The summed E-state index contributed by atoms with van der Waals surface area (Å²) in [6, 6.07) is 8.59. The highest BCUT2D eigenvalue weighted by Gasteiger charge is 2.25. The maximum Gasteiger partial charge on any atom is 0.252 e. The molecular weight excluding hydrogens is 376 g/mol. The van der Waals surface area contributed by atoms with Crippen molar-refractivity contribution >= 4 is 27.3 Å². The van der Waals surface area contributed by atoms with E-state index in [-0.39, 0.29) is 23.2 Å². The zero-order valence-electron chi connectivity index (χ0n) is 15.1. The Bertz CT molecular complexity index is 850. The molecule has 7 nitrogen and oxygen atoms in total. The third kappa shape index (κ3) is 4.35. The normalized spacial score (nSPS) is 11.4. The number of benzene rings is 1. The number of rotatable bonds is 8. The van der Waals surface area contributed by atoms with Crippen molar-refractivity contribution in [3.05, 3.63) is 41.3 Å². The summed E-state index contributed by atoms with van der Waals surface area (Å²) in [5.41, 5.74) is 0.770. The fourth-order valence-electron chi connectivity index (χ4n) is 2.38. The Morgan fingerprint density at radius 2 is 1.85 bits per heavy atom. The number of hydrogen-bond donors (Lipinski definition) is 0. The molecule has 0 bridgehead atoms. The number of carbonyl (C=O) groups is 1. The first-order chi connectivity index (χ1) is 12.3. The second-order valence-corrected chi connectivity index (χ2v) is 8.82. The lowest BCUT2D eigenvalue weighted by Gasteiger charge is -2.22. The highest BCUT2D eigenvalue weighted by Crippen LogP contribution is 2.31. The van der Waals surface area contributed by atoms with Crippen molar-refractivity contribution in [1.82, 2.24) is 9.21 Å². The van der Waals surface area contributed by atoms with Crippen molar-refractivity contribution in [3.8, 4) is 11.5 Å². The van der Waals surface area contributed by atoms with E-state index in [1.165, 1.54) is 25.1 Å². The van der Waals surface area contributed by atoms with Gasteiger partial charge in [0.15, 0.2) is 11.5 Å². The fourth-order valence-corrected chi connectivity index (χ4v) is 4.70. The quantitative estimate of drug-likeness (QED) is 0.680. The molecule has 9 heteroatoms. The molecule has 0 saturated heterocycles. The summed E-state index contributed by atoms with van der Waals surface area (Å²) in [4.78, 5) is 13.9. The summed E-state index contributed by atoms with van der Waals surface area (Å²) in [5.74, 6) is 0.801. The molecule has 142 valence electrons. The molecule has 1 heterocycles. The highest BCUT2D eigenvalue weighted by atomic mass is 32.2. The van der Waals surface area contributed by atoms with Crippen LogP contribution >= 0.6 is 11.3 Å². The van der Waals surface area contributed by atoms with Crippen molar-refractivity contribution in [3.63, 3.8) is 0 Å². The van der Waals surface area contributed by atoms with E-state index in [0.29, 0.717) is 11.5 Å². The number of ether oxygens (including phenoxy) is 2. The molecular formula is C17H22N2O5S2. The Hall–Kier alpha value is -2.10. The maximum atomic E-state index is 12.5. The third-order valence-corrected chi connectivity index (χ3v) is 7.01. The largest absolute Gasteiger partial charge is 0.493 e. The van der Waals surface area contributed by atoms with Crippen LogP contribution in [-0.2, 0) is 21.4 Å². The van der Waals surface area contributed by atoms with Gasteiger partial charge in [-0.2, -0.15) is 4.31 Å². The minimum absolute atomic E-state index is 0.213. The molecule has 1 aromatic heterocycles. The van der Waals surface area contributed by atoms with Crippen LogP contribution in [0.25, 0.3) is 0 Å². The molecule has 0 aliphatic heterocycles. The molecule has 0 N–H and O–H groups in total. The number of para-hydroxylation sites is 1. The van der Waals surface area contributed by atoms with Crippen LogP contribution in [0, 0.1) is 0 Å². The van der Waals surface area contributed by atoms with Crippen LogP contribution in [0.4, 0.5) is 0 Å². The van der Waals surface area contributed by atoms with Crippen LogP contribution in [0.3, 0.4) is 0 Å². The fraction of sp³-hybridized carbons (Fsp3) is 0.353. The Kier molecular flexibility index (Phi) is 6.63. The van der Waals surface area contributed by atoms with Crippen LogP contribution in [-0.4, -0.2) is 58.4 Å². The molecule has 2 rings (SSSR count). The number of likely N-dealkylation sites (N-methyl/N-ethyl adjacent to an activating group) is 2. The standard InChI is InChI=1S/C17H22N2O5S2/c1-18(11-13-7-5-8-14(23-3)17(13)24-4)15(20)12-19(2)26(21,22)16-9-6-10-25-16/h5-10H,11-12H2,1-4H3. The molecule has 0 radical (unpaired) electrons. The van der Waals surface area contributed by atoms with Crippen molar-refractivity contribution in [2.75, 3.05) is 34.9 Å². The van der Waals surface area contributed by atoms with Gasteiger partial charge in [0.25, 0.3) is 10.0 Å². The van der Waals surface area contributed by atoms with Gasteiger partial charge in [0.2, 0.25) is 5.91 Å². The van der Waals surface area contributed by atoms with E-state index >= 15 is 0 Å². The smallest absolute Gasteiger partial charge is 0.252 e. The average Bonchev–Trinajstić information content (AvgIpc) is 3.16. The van der Waals surface area contributed by atoms with Gasteiger partial charge in [-0.15, -0.1) is 11.3 Å². The Morgan fingerprint density at radius 1 is 1.12 bits per heavy atom. The highest BCUT2D eigenvalue weighted by molar-refractivity contribution is 7.91. The number of nitrogens with zero attached hydrogens (tertiary/aromatic N) is 2. The van der Waals surface area contributed by atoms with Crippen LogP contribution in [0.5, 0.6) is 11.5 Å². The monoisotopic (exact) mass is 398 g/mol. The van der Waals surface area contributed by atoms with Crippen molar-refractivity contribution < 1.29 is 22.7 Å². The second-order valence-electron chi connectivity index (χ2n) is 5.60. The van der Waals surface area contributed by atoms with Gasteiger partial charge in [0.1, 0.15) is 4.21 Å². The predicted molar refractivity (Wildman–Crippen MR) is 100 cm³/mol. The van der Waals surface area contributed by atoms with Gasteiger partial charge in [-0.1, -0.05) is 18.2 Å². The van der Waals surface area contributed by atoms with Crippen LogP contribution in [0.15, 0.2) is 39.9 Å². The lowest BCUT2D eigenvalue weighted by Crippen LogP contribution is -2.38. The Morgan fingerprint density at radius 3 is 2.42 bits per heavy atom. The van der Waals surface area contributed by atoms with Crippen LogP contribution in [0.1, 0.15) is 5.56 Å². The van der Waals surface area contributed by atoms with E-state index in [1.807, 2.05) is 12.1 Å². The first-order valence-corrected chi connectivity index (χ1v) is 10.1. The topological polar surface area (TPSA) is 76.2 Å². The van der Waals surface area contributed by atoms with Crippen molar-refractivity contribution in [2.24, 2.45) is 0 Å². The van der Waals surface area contributed by atoms with E-state index in [9.17, 15) is 13.2 Å². The number of thiophene rings is 1. The number of hydrogen-bond acceptors (Lipinski definition) is 6. The molecule has 1 aromatic carbocycles. The van der Waals surface area contributed by atoms with E-state index in [0.717, 1.165) is 21.2 Å². The summed E-state index contributed by atoms with van der Waals surface area (Å²) in [5, 5.41) is 1.68. The molecule has 0 aliphatic carbocycles. The first-order valence-electron chi connectivity index (χ1n) is 7.75. The van der Waals surface area contributed by atoms with Gasteiger partial charge in [-0.3, -0.25) is 4.79 Å². The lowest BCUT2D eigenvalue weighted by molar-refractivity contribution is -0.130. The van der Waals surface area contributed by atoms with Gasteiger partial charge in [-0.05, 0) is 17.5 Å². The van der Waals surface area contributed by atoms with Gasteiger partial charge >= 0.3 is 0 Å². The van der Waals surface area contributed by atoms with Gasteiger partial charge in [0, 0.05) is 26.2 Å². The number of methoxy groups -OCH3 is 2. The molecule has 0 atom stereocenters. The van der Waals surface area contributed by atoms with Gasteiger partial charge in [0.05, 0.1) is 20.8 Å². The predicted octanol–water partition coefficient (Wildman–Crippen LogP) is 2.04. The molecule has 26 heavy (non-hydrogen) atoms. The summed E-state index contributed by atoms with van der Waals surface area (Å²) < 4.78 is 36.7. The summed E-state index contributed by atoms with van der Waals surface area (Å²) >= 11 is 1.12. The zero-order chi connectivity index (χ0) is 19.3. The molecule has 0 fully saturated rings. The molecule has 0 saturated carbocycles. The van der Waals surface area contributed by atoms with Crippen LogP contribution < -0.4 is 9.47 Å². The second kappa shape index (κ2) is 8.52. The Labute approximate surface area is 157 Å². The SMILES string of the molecule is COc1cccc(CN(C)C(=O)CN(C)S(=O)(=O)c2cccs2)c1OC. The minimum atomic E-state index is -3.66. The Balaban J connectivity index is 2.09. The van der Waals surface area contributed by atoms with Crippen LogP contribution in [0.2, 0.25) is 0 Å². The van der Waals surface area contributed by atoms with E-state index in [1.54, 1.807) is 31.7 Å². The summed E-state index contributed by atoms with van der Waals surface area (Å²) in [6.07, 6.45) is 0. The molecule has 1 amide bonds. The molecule has 0 unspecified atom stereocenters. The van der Waals surface area contributed by atoms with Gasteiger partial charge < -0.3 is 14.4 Å². The van der Waals surface area contributed by atoms with E-state index in [4.69, 9.17) is 9.47 Å². The van der Waals surface area contributed by atoms with E-state index in [2.05, 4.69) is 0 Å².